The zero-order valence-electron chi connectivity index (χ0n) is 15.4. The minimum Gasteiger partial charge on any atom is -0.427 e. The molecule has 4 nitrogen and oxygen atoms in total. The van der Waals surface area contributed by atoms with Gasteiger partial charge in [-0.15, -0.1) is 0 Å². The number of carbonyl (C=O) groups excluding carboxylic acids is 2. The Labute approximate surface area is 163 Å². The van der Waals surface area contributed by atoms with E-state index in [1.807, 2.05) is 42.5 Å². The Balaban J connectivity index is 1.62. The summed E-state index contributed by atoms with van der Waals surface area (Å²) in [6.07, 6.45) is 5.08. The summed E-state index contributed by atoms with van der Waals surface area (Å²) in [6, 6.07) is 23.9. The molecule has 3 aromatic rings. The zero-order chi connectivity index (χ0) is 19.8. The number of benzene rings is 3. The van der Waals surface area contributed by atoms with Crippen molar-refractivity contribution in [2.75, 3.05) is 0 Å². The Morgan fingerprint density at radius 1 is 0.821 bits per heavy atom. The van der Waals surface area contributed by atoms with E-state index in [4.69, 9.17) is 4.74 Å². The van der Waals surface area contributed by atoms with Gasteiger partial charge in [0.2, 0.25) is 0 Å². The number of nitrogens with zero attached hydrogens (tertiary/aromatic N) is 1. The van der Waals surface area contributed by atoms with Gasteiger partial charge in [-0.3, -0.25) is 14.6 Å². The summed E-state index contributed by atoms with van der Waals surface area (Å²) in [5.74, 6) is 0.0891. The molecule has 0 radical (unpaired) electrons. The van der Waals surface area contributed by atoms with Crippen molar-refractivity contribution in [3.63, 3.8) is 0 Å². The summed E-state index contributed by atoms with van der Waals surface area (Å²) < 4.78 is 4.99. The lowest BCUT2D eigenvalue weighted by molar-refractivity contribution is -0.131. The SMILES string of the molecule is CC(=O)Oc1ccc(C=Nc2ccc(C(=O)C=Cc3ccccc3)cc2)cc1. The van der Waals surface area contributed by atoms with Crippen molar-refractivity contribution >= 4 is 29.7 Å². The Bertz CT molecular complexity index is 1000. The fourth-order valence-electron chi connectivity index (χ4n) is 2.48. The topological polar surface area (TPSA) is 55.7 Å². The molecule has 0 aliphatic rings. The van der Waals surface area contributed by atoms with E-state index in [0.29, 0.717) is 11.3 Å². The highest BCUT2D eigenvalue weighted by molar-refractivity contribution is 6.07. The Hall–Kier alpha value is -3.79. The normalized spacial score (nSPS) is 11.0. The third kappa shape index (κ3) is 5.61. The van der Waals surface area contributed by atoms with Gasteiger partial charge in [-0.25, -0.2) is 0 Å². The van der Waals surface area contributed by atoms with Crippen molar-refractivity contribution in [3.05, 3.63) is 102 Å². The molecule has 0 amide bonds. The van der Waals surface area contributed by atoms with E-state index >= 15 is 0 Å². The van der Waals surface area contributed by atoms with E-state index < -0.39 is 0 Å². The van der Waals surface area contributed by atoms with Gasteiger partial charge < -0.3 is 4.74 Å². The van der Waals surface area contributed by atoms with E-state index in [9.17, 15) is 9.59 Å². The van der Waals surface area contributed by atoms with Gasteiger partial charge in [-0.05, 0) is 65.7 Å². The molecule has 0 N–H and O–H groups in total. The maximum absolute atomic E-state index is 12.3. The van der Waals surface area contributed by atoms with Crippen LogP contribution >= 0.6 is 0 Å². The molecule has 28 heavy (non-hydrogen) atoms. The molecule has 0 saturated heterocycles. The third-order valence-electron chi connectivity index (χ3n) is 3.88. The summed E-state index contributed by atoms with van der Waals surface area (Å²) in [4.78, 5) is 27.6. The fourth-order valence-corrected chi connectivity index (χ4v) is 2.48. The molecule has 0 saturated carbocycles. The number of esters is 1. The van der Waals surface area contributed by atoms with E-state index in [2.05, 4.69) is 4.99 Å². The summed E-state index contributed by atoms with van der Waals surface area (Å²) in [6.45, 7) is 1.36. The molecule has 3 rings (SSSR count). The molecule has 4 heteroatoms. The number of aliphatic imine (C=N–C) groups is 1. The van der Waals surface area contributed by atoms with Crippen molar-refractivity contribution in [1.29, 1.82) is 0 Å². The molecule has 0 bridgehead atoms. The predicted molar refractivity (Wildman–Crippen MR) is 111 cm³/mol. The average molecular weight is 369 g/mol. The van der Waals surface area contributed by atoms with Crippen LogP contribution in [-0.2, 0) is 4.79 Å². The zero-order valence-corrected chi connectivity index (χ0v) is 15.4. The third-order valence-corrected chi connectivity index (χ3v) is 3.88. The van der Waals surface area contributed by atoms with E-state index in [1.165, 1.54) is 6.92 Å². The first kappa shape index (κ1) is 19.0. The monoisotopic (exact) mass is 369 g/mol. The van der Waals surface area contributed by atoms with Gasteiger partial charge in [-0.2, -0.15) is 0 Å². The highest BCUT2D eigenvalue weighted by Crippen LogP contribution is 2.16. The molecule has 3 aromatic carbocycles. The van der Waals surface area contributed by atoms with E-state index in [0.717, 1.165) is 16.8 Å². The van der Waals surface area contributed by atoms with Crippen molar-refractivity contribution < 1.29 is 14.3 Å². The number of ketones is 1. The summed E-state index contributed by atoms with van der Waals surface area (Å²) in [5.41, 5.74) is 3.21. The lowest BCUT2D eigenvalue weighted by Gasteiger charge is -2.01. The van der Waals surface area contributed by atoms with Crippen molar-refractivity contribution in [3.8, 4) is 5.75 Å². The van der Waals surface area contributed by atoms with Crippen LogP contribution in [0, 0.1) is 0 Å². The largest absolute Gasteiger partial charge is 0.427 e. The second-order valence-electron chi connectivity index (χ2n) is 6.08. The molecule has 0 aliphatic carbocycles. The smallest absolute Gasteiger partial charge is 0.308 e. The number of hydrogen-bond donors (Lipinski definition) is 0. The summed E-state index contributed by atoms with van der Waals surface area (Å²) in [5, 5.41) is 0. The number of ether oxygens (including phenoxy) is 1. The number of carbonyl (C=O) groups is 2. The van der Waals surface area contributed by atoms with E-state index in [1.54, 1.807) is 54.8 Å². The molecular formula is C24H19NO3. The number of allylic oxidation sites excluding steroid dienone is 1. The summed E-state index contributed by atoms with van der Waals surface area (Å²) in [7, 11) is 0. The molecule has 0 atom stereocenters. The first-order chi connectivity index (χ1) is 13.6. The number of hydrogen-bond acceptors (Lipinski definition) is 4. The first-order valence-corrected chi connectivity index (χ1v) is 8.80. The van der Waals surface area contributed by atoms with Crippen LogP contribution in [0.2, 0.25) is 0 Å². The molecule has 0 fully saturated rings. The molecule has 138 valence electrons. The van der Waals surface area contributed by atoms with Gasteiger partial charge in [0.25, 0.3) is 0 Å². The standard InChI is InChI=1S/C24H19NO3/c1-18(26)28-23-14-7-20(8-15-23)17-25-22-12-10-21(11-13-22)24(27)16-9-19-5-3-2-4-6-19/h2-17H,1H3. The molecule has 0 aromatic heterocycles. The maximum atomic E-state index is 12.3. The highest BCUT2D eigenvalue weighted by atomic mass is 16.5. The van der Waals surface area contributed by atoms with Gasteiger partial charge in [0.15, 0.2) is 5.78 Å². The lowest BCUT2D eigenvalue weighted by atomic mass is 10.1. The second kappa shape index (κ2) is 9.24. The van der Waals surface area contributed by atoms with Crippen LogP contribution in [0.15, 0.2) is 89.9 Å². The summed E-state index contributed by atoms with van der Waals surface area (Å²) >= 11 is 0. The van der Waals surface area contributed by atoms with E-state index in [-0.39, 0.29) is 11.8 Å². The number of rotatable bonds is 6. The first-order valence-electron chi connectivity index (χ1n) is 8.80. The van der Waals surface area contributed by atoms with Crippen molar-refractivity contribution in [1.82, 2.24) is 0 Å². The van der Waals surface area contributed by atoms with Crippen LogP contribution in [0.25, 0.3) is 6.08 Å². The van der Waals surface area contributed by atoms with Crippen LogP contribution in [0.1, 0.15) is 28.4 Å². The molecule has 0 heterocycles. The van der Waals surface area contributed by atoms with Gasteiger partial charge >= 0.3 is 5.97 Å². The maximum Gasteiger partial charge on any atom is 0.308 e. The Kier molecular flexibility index (Phi) is 6.26. The highest BCUT2D eigenvalue weighted by Gasteiger charge is 2.01. The lowest BCUT2D eigenvalue weighted by Crippen LogP contribution is -2.00. The fraction of sp³-hybridized carbons (Fsp3) is 0.0417. The Morgan fingerprint density at radius 2 is 1.50 bits per heavy atom. The van der Waals surface area contributed by atoms with Crippen LogP contribution in [0.4, 0.5) is 5.69 Å². The van der Waals surface area contributed by atoms with Gasteiger partial charge in [0.1, 0.15) is 5.75 Å². The second-order valence-corrected chi connectivity index (χ2v) is 6.08. The Morgan fingerprint density at radius 3 is 2.14 bits per heavy atom. The molecule has 0 aliphatic heterocycles. The minimum atomic E-state index is -0.352. The van der Waals surface area contributed by atoms with Crippen molar-refractivity contribution in [2.45, 2.75) is 6.92 Å². The van der Waals surface area contributed by atoms with Crippen LogP contribution in [-0.4, -0.2) is 18.0 Å². The van der Waals surface area contributed by atoms with Gasteiger partial charge in [0, 0.05) is 18.7 Å². The molecule has 0 unspecified atom stereocenters. The van der Waals surface area contributed by atoms with Crippen LogP contribution in [0.5, 0.6) is 5.75 Å². The predicted octanol–water partition coefficient (Wildman–Crippen LogP) is 5.26. The molecular weight excluding hydrogens is 350 g/mol. The van der Waals surface area contributed by atoms with Gasteiger partial charge in [0.05, 0.1) is 5.69 Å². The molecule has 0 spiro atoms. The van der Waals surface area contributed by atoms with Crippen molar-refractivity contribution in [2.24, 2.45) is 4.99 Å². The van der Waals surface area contributed by atoms with Gasteiger partial charge in [-0.1, -0.05) is 36.4 Å². The van der Waals surface area contributed by atoms with Crippen LogP contribution < -0.4 is 4.74 Å². The quantitative estimate of drug-likeness (QED) is 0.196. The average Bonchev–Trinajstić information content (AvgIpc) is 2.72. The van der Waals surface area contributed by atoms with Crippen LogP contribution in [0.3, 0.4) is 0 Å². The minimum absolute atomic E-state index is 0.0551.